The van der Waals surface area contributed by atoms with Gasteiger partial charge in [0.25, 0.3) is 5.91 Å². The van der Waals surface area contributed by atoms with Gasteiger partial charge in [-0.05, 0) is 36.4 Å². The number of nitrogens with zero attached hydrogens (tertiary/aromatic N) is 3. The van der Waals surface area contributed by atoms with E-state index >= 15 is 0 Å². The Morgan fingerprint density at radius 3 is 2.00 bits per heavy atom. The van der Waals surface area contributed by atoms with Crippen LogP contribution >= 0.6 is 0 Å². The lowest BCUT2D eigenvalue weighted by atomic mass is 10.2. The van der Waals surface area contributed by atoms with E-state index in [0.29, 0.717) is 62.8 Å². The third-order valence-corrected chi connectivity index (χ3v) is 9.86. The number of sulfonamides is 2. The summed E-state index contributed by atoms with van der Waals surface area (Å²) in [5.41, 5.74) is 0.386. The second-order valence-corrected chi connectivity index (χ2v) is 11.8. The standard InChI is InChI=1S/C23H32N4O5S2/c1-3-26(4-2)33(29,30)22-12-10-20(11-13-22)23(28)24-14-15-25-16-18-27(19-17-25)34(31,32)21-8-6-5-7-9-21/h5-13H,3-4,14-19H2,1-2H3,(H,24,28). The number of piperazine rings is 1. The van der Waals surface area contributed by atoms with Crippen LogP contribution in [0.2, 0.25) is 0 Å². The van der Waals surface area contributed by atoms with Crippen molar-refractivity contribution in [3.8, 4) is 0 Å². The molecule has 2 aromatic rings. The number of carbonyl (C=O) groups is 1. The van der Waals surface area contributed by atoms with Gasteiger partial charge in [0.1, 0.15) is 0 Å². The smallest absolute Gasteiger partial charge is 0.251 e. The number of carbonyl (C=O) groups excluding carboxylic acids is 1. The van der Waals surface area contributed by atoms with Crippen molar-refractivity contribution >= 4 is 26.0 Å². The summed E-state index contributed by atoms with van der Waals surface area (Å²) in [5, 5.41) is 2.84. The summed E-state index contributed by atoms with van der Waals surface area (Å²) >= 11 is 0. The van der Waals surface area contributed by atoms with E-state index in [4.69, 9.17) is 0 Å². The van der Waals surface area contributed by atoms with Crippen LogP contribution in [-0.2, 0) is 20.0 Å². The molecular weight excluding hydrogens is 476 g/mol. The molecule has 0 atom stereocenters. The molecule has 0 spiro atoms. The first-order valence-corrected chi connectivity index (χ1v) is 14.2. The van der Waals surface area contributed by atoms with Gasteiger partial charge in [-0.1, -0.05) is 32.0 Å². The molecule has 186 valence electrons. The predicted molar refractivity (Wildman–Crippen MR) is 131 cm³/mol. The fourth-order valence-corrected chi connectivity index (χ4v) is 6.76. The van der Waals surface area contributed by atoms with E-state index < -0.39 is 20.0 Å². The highest BCUT2D eigenvalue weighted by molar-refractivity contribution is 7.89. The normalized spacial score (nSPS) is 16.0. The zero-order chi connectivity index (χ0) is 24.8. The van der Waals surface area contributed by atoms with Crippen molar-refractivity contribution < 1.29 is 21.6 Å². The lowest BCUT2D eigenvalue weighted by molar-refractivity contribution is 0.0945. The van der Waals surface area contributed by atoms with Gasteiger partial charge in [0.15, 0.2) is 0 Å². The highest BCUT2D eigenvalue weighted by atomic mass is 32.2. The number of nitrogens with one attached hydrogen (secondary N) is 1. The zero-order valence-electron chi connectivity index (χ0n) is 19.6. The van der Waals surface area contributed by atoms with Crippen molar-refractivity contribution in [2.75, 3.05) is 52.4 Å². The Bertz CT molecular complexity index is 1160. The van der Waals surface area contributed by atoms with E-state index in [-0.39, 0.29) is 10.8 Å². The first kappa shape index (κ1) is 26.3. The maximum Gasteiger partial charge on any atom is 0.251 e. The van der Waals surface area contributed by atoms with Crippen molar-refractivity contribution in [3.05, 3.63) is 60.2 Å². The van der Waals surface area contributed by atoms with Crippen molar-refractivity contribution in [1.29, 1.82) is 0 Å². The fraction of sp³-hybridized carbons (Fsp3) is 0.435. The second kappa shape index (κ2) is 11.4. The molecule has 1 fully saturated rings. The van der Waals surface area contributed by atoms with Crippen LogP contribution in [0.1, 0.15) is 24.2 Å². The highest BCUT2D eigenvalue weighted by Gasteiger charge is 2.28. The fourth-order valence-electron chi connectivity index (χ4n) is 3.86. The molecule has 0 aromatic heterocycles. The third-order valence-electron chi connectivity index (χ3n) is 5.89. The lowest BCUT2D eigenvalue weighted by Gasteiger charge is -2.33. The Morgan fingerprint density at radius 2 is 1.44 bits per heavy atom. The molecule has 1 aliphatic rings. The molecule has 9 nitrogen and oxygen atoms in total. The second-order valence-electron chi connectivity index (χ2n) is 7.93. The van der Waals surface area contributed by atoms with Gasteiger partial charge < -0.3 is 5.32 Å². The van der Waals surface area contributed by atoms with Crippen LogP contribution in [0.25, 0.3) is 0 Å². The van der Waals surface area contributed by atoms with Crippen LogP contribution < -0.4 is 5.32 Å². The van der Waals surface area contributed by atoms with Gasteiger partial charge >= 0.3 is 0 Å². The van der Waals surface area contributed by atoms with Gasteiger partial charge in [0.2, 0.25) is 20.0 Å². The largest absolute Gasteiger partial charge is 0.351 e. The molecule has 1 saturated heterocycles. The van der Waals surface area contributed by atoms with Crippen LogP contribution in [0, 0.1) is 0 Å². The summed E-state index contributed by atoms with van der Waals surface area (Å²) in [6, 6.07) is 14.3. The molecule has 1 amide bonds. The maximum atomic E-state index is 12.7. The summed E-state index contributed by atoms with van der Waals surface area (Å²) in [6.45, 7) is 7.29. The number of amides is 1. The minimum Gasteiger partial charge on any atom is -0.351 e. The van der Waals surface area contributed by atoms with E-state index in [1.807, 2.05) is 0 Å². The number of hydrogen-bond acceptors (Lipinski definition) is 6. The van der Waals surface area contributed by atoms with E-state index in [1.54, 1.807) is 44.2 Å². The topological polar surface area (TPSA) is 107 Å². The van der Waals surface area contributed by atoms with Crippen molar-refractivity contribution in [3.63, 3.8) is 0 Å². The Hall–Kier alpha value is -2.31. The maximum absolute atomic E-state index is 12.7. The van der Waals surface area contributed by atoms with Crippen LogP contribution in [-0.4, -0.2) is 88.6 Å². The molecule has 0 unspecified atom stereocenters. The highest BCUT2D eigenvalue weighted by Crippen LogP contribution is 2.18. The Labute approximate surface area is 202 Å². The van der Waals surface area contributed by atoms with E-state index in [0.717, 1.165) is 0 Å². The van der Waals surface area contributed by atoms with Crippen molar-refractivity contribution in [1.82, 2.24) is 18.8 Å². The first-order chi connectivity index (χ1) is 16.2. The van der Waals surface area contributed by atoms with Gasteiger partial charge in [0, 0.05) is 57.9 Å². The average molecular weight is 509 g/mol. The number of rotatable bonds is 10. The molecule has 1 aliphatic heterocycles. The zero-order valence-corrected chi connectivity index (χ0v) is 21.2. The Balaban J connectivity index is 1.47. The summed E-state index contributed by atoms with van der Waals surface area (Å²) in [4.78, 5) is 15.0. The molecule has 0 aliphatic carbocycles. The molecular formula is C23H32N4O5S2. The first-order valence-electron chi connectivity index (χ1n) is 11.4. The third kappa shape index (κ3) is 6.02. The van der Waals surface area contributed by atoms with E-state index in [2.05, 4.69) is 10.2 Å². The Kier molecular flexibility index (Phi) is 8.83. The molecule has 3 rings (SSSR count). The monoisotopic (exact) mass is 508 g/mol. The molecule has 0 bridgehead atoms. The molecule has 1 N–H and O–H groups in total. The summed E-state index contributed by atoms with van der Waals surface area (Å²) < 4.78 is 53.4. The van der Waals surface area contributed by atoms with Gasteiger partial charge in [0.05, 0.1) is 9.79 Å². The van der Waals surface area contributed by atoms with Gasteiger partial charge in [-0.25, -0.2) is 16.8 Å². The minimum atomic E-state index is -3.56. The van der Waals surface area contributed by atoms with Crippen molar-refractivity contribution in [2.24, 2.45) is 0 Å². The molecule has 2 aromatic carbocycles. The quantitative estimate of drug-likeness (QED) is 0.521. The van der Waals surface area contributed by atoms with Crippen LogP contribution in [0.5, 0.6) is 0 Å². The molecule has 0 saturated carbocycles. The average Bonchev–Trinajstić information content (AvgIpc) is 2.85. The lowest BCUT2D eigenvalue weighted by Crippen LogP contribution is -2.50. The number of benzene rings is 2. The molecule has 0 radical (unpaired) electrons. The minimum absolute atomic E-state index is 0.163. The molecule has 11 heteroatoms. The van der Waals surface area contributed by atoms with E-state index in [1.165, 1.54) is 32.9 Å². The van der Waals surface area contributed by atoms with Gasteiger partial charge in [-0.15, -0.1) is 0 Å². The number of hydrogen-bond donors (Lipinski definition) is 1. The van der Waals surface area contributed by atoms with Crippen LogP contribution in [0.3, 0.4) is 0 Å². The van der Waals surface area contributed by atoms with Crippen LogP contribution in [0.4, 0.5) is 0 Å². The van der Waals surface area contributed by atoms with E-state index in [9.17, 15) is 21.6 Å². The van der Waals surface area contributed by atoms with Gasteiger partial charge in [-0.2, -0.15) is 8.61 Å². The van der Waals surface area contributed by atoms with Crippen LogP contribution in [0.15, 0.2) is 64.4 Å². The SMILES string of the molecule is CCN(CC)S(=O)(=O)c1ccc(C(=O)NCCN2CCN(S(=O)(=O)c3ccccc3)CC2)cc1. The van der Waals surface area contributed by atoms with Gasteiger partial charge in [-0.3, -0.25) is 9.69 Å². The summed E-state index contributed by atoms with van der Waals surface area (Å²) in [7, 11) is -7.05. The molecule has 1 heterocycles. The predicted octanol–water partition coefficient (Wildman–Crippen LogP) is 1.45. The Morgan fingerprint density at radius 1 is 0.853 bits per heavy atom. The summed E-state index contributed by atoms with van der Waals surface area (Å²) in [6.07, 6.45) is 0. The van der Waals surface area contributed by atoms with Crippen molar-refractivity contribution in [2.45, 2.75) is 23.6 Å². The summed E-state index contributed by atoms with van der Waals surface area (Å²) in [5.74, 6) is -0.280. The molecule has 34 heavy (non-hydrogen) atoms.